The van der Waals surface area contributed by atoms with E-state index in [4.69, 9.17) is 4.74 Å². The molecule has 1 aromatic carbocycles. The van der Waals surface area contributed by atoms with Gasteiger partial charge in [0.05, 0.1) is 18.2 Å². The summed E-state index contributed by atoms with van der Waals surface area (Å²) in [5.74, 6) is 1.89. The normalized spacial score (nSPS) is 13.3. The molecule has 5 rings (SSSR count). The van der Waals surface area contributed by atoms with Crippen molar-refractivity contribution < 1.29 is 4.74 Å². The lowest BCUT2D eigenvalue weighted by atomic mass is 10.2. The van der Waals surface area contributed by atoms with Crippen LogP contribution in [0.5, 0.6) is 5.75 Å². The molecule has 148 valence electrons. The van der Waals surface area contributed by atoms with Crippen molar-refractivity contribution in [1.29, 1.82) is 0 Å². The van der Waals surface area contributed by atoms with Gasteiger partial charge < -0.3 is 4.74 Å². The van der Waals surface area contributed by atoms with Crippen molar-refractivity contribution >= 4 is 39.1 Å². The Balaban J connectivity index is 1.90. The van der Waals surface area contributed by atoms with Gasteiger partial charge in [-0.15, -0.1) is 21.5 Å². The molecule has 6 nitrogen and oxygen atoms in total. The van der Waals surface area contributed by atoms with Crippen LogP contribution in [0.25, 0.3) is 21.7 Å². The molecule has 0 saturated carbocycles. The first-order chi connectivity index (χ1) is 14.1. The fourth-order valence-corrected chi connectivity index (χ4v) is 6.08. The fraction of sp³-hybridized carbons (Fsp3) is 0.286. The zero-order valence-electron chi connectivity index (χ0n) is 16.3. The van der Waals surface area contributed by atoms with E-state index in [9.17, 15) is 4.79 Å². The Labute approximate surface area is 175 Å². The maximum absolute atomic E-state index is 13.7. The molecule has 3 heterocycles. The van der Waals surface area contributed by atoms with E-state index in [2.05, 4.69) is 16.8 Å². The molecule has 0 radical (unpaired) electrons. The average Bonchev–Trinajstić information content (AvgIpc) is 3.40. The highest BCUT2D eigenvalue weighted by Crippen LogP contribution is 2.38. The predicted octanol–water partition coefficient (Wildman–Crippen LogP) is 4.26. The van der Waals surface area contributed by atoms with Crippen molar-refractivity contribution in [3.63, 3.8) is 0 Å². The highest BCUT2D eigenvalue weighted by Gasteiger charge is 2.27. The van der Waals surface area contributed by atoms with E-state index in [0.717, 1.165) is 46.0 Å². The van der Waals surface area contributed by atoms with E-state index in [-0.39, 0.29) is 5.56 Å². The van der Waals surface area contributed by atoms with E-state index < -0.39 is 0 Å². The SMILES string of the molecule is C=C(C)CSc1nnc2n(-c3ccccc3OC)c(=O)c3c4c(sc3n12)CCC4. The zero-order valence-corrected chi connectivity index (χ0v) is 17.9. The minimum Gasteiger partial charge on any atom is -0.495 e. The van der Waals surface area contributed by atoms with Crippen LogP contribution in [0.1, 0.15) is 23.8 Å². The molecule has 0 unspecified atom stereocenters. The standard InChI is InChI=1S/C21H20N4O2S2/c1-12(2)11-28-21-23-22-20-24(14-8-4-5-9-15(14)27-3)18(26)17-13-7-6-10-16(13)29-19(17)25(20)21/h4-5,8-9H,1,6-7,10-11H2,2-3H3. The Morgan fingerprint density at radius 3 is 2.93 bits per heavy atom. The van der Waals surface area contributed by atoms with Crippen LogP contribution in [-0.2, 0) is 12.8 Å². The Hall–Kier alpha value is -2.58. The first-order valence-corrected chi connectivity index (χ1v) is 11.3. The second-order valence-electron chi connectivity index (χ2n) is 7.21. The maximum Gasteiger partial charge on any atom is 0.268 e. The first kappa shape index (κ1) is 18.4. The molecule has 3 aromatic heterocycles. The second-order valence-corrected chi connectivity index (χ2v) is 9.24. The first-order valence-electron chi connectivity index (χ1n) is 9.45. The third-order valence-electron chi connectivity index (χ3n) is 5.11. The summed E-state index contributed by atoms with van der Waals surface area (Å²) >= 11 is 3.29. The molecule has 0 aliphatic heterocycles. The van der Waals surface area contributed by atoms with Crippen molar-refractivity contribution in [2.24, 2.45) is 0 Å². The molecule has 0 saturated heterocycles. The largest absolute Gasteiger partial charge is 0.495 e. The van der Waals surface area contributed by atoms with Crippen molar-refractivity contribution in [2.75, 3.05) is 12.9 Å². The van der Waals surface area contributed by atoms with Gasteiger partial charge in [-0.25, -0.2) is 8.97 Å². The van der Waals surface area contributed by atoms with E-state index in [1.807, 2.05) is 35.6 Å². The summed E-state index contributed by atoms with van der Waals surface area (Å²) in [5.41, 5.74) is 2.87. The molecule has 4 aromatic rings. The van der Waals surface area contributed by atoms with E-state index in [1.165, 1.54) is 10.4 Å². The molecular weight excluding hydrogens is 404 g/mol. The Bertz CT molecular complexity index is 1330. The van der Waals surface area contributed by atoms with Gasteiger partial charge in [-0.05, 0) is 43.9 Å². The van der Waals surface area contributed by atoms with Crippen LogP contribution in [0.3, 0.4) is 0 Å². The zero-order chi connectivity index (χ0) is 20.1. The number of methoxy groups -OCH3 is 1. The number of ether oxygens (including phenoxy) is 1. The number of aryl methyl sites for hydroxylation is 2. The minimum absolute atomic E-state index is 0.0553. The summed E-state index contributed by atoms with van der Waals surface area (Å²) in [6, 6.07) is 7.53. The molecular formula is C21H20N4O2S2. The Morgan fingerprint density at radius 1 is 1.31 bits per heavy atom. The number of rotatable bonds is 5. The lowest BCUT2D eigenvalue weighted by Gasteiger charge is -2.13. The molecule has 0 spiro atoms. The van der Waals surface area contributed by atoms with Crippen molar-refractivity contribution in [3.8, 4) is 11.4 Å². The Kier molecular flexibility index (Phi) is 4.48. The summed E-state index contributed by atoms with van der Waals surface area (Å²) in [6.45, 7) is 5.99. The smallest absolute Gasteiger partial charge is 0.268 e. The van der Waals surface area contributed by atoms with Crippen LogP contribution in [0, 0.1) is 0 Å². The highest BCUT2D eigenvalue weighted by molar-refractivity contribution is 7.99. The predicted molar refractivity (Wildman–Crippen MR) is 118 cm³/mol. The molecule has 0 N–H and O–H groups in total. The van der Waals surface area contributed by atoms with Gasteiger partial charge in [-0.2, -0.15) is 0 Å². The number of benzene rings is 1. The van der Waals surface area contributed by atoms with Crippen LogP contribution in [0.2, 0.25) is 0 Å². The Morgan fingerprint density at radius 2 is 2.14 bits per heavy atom. The summed E-state index contributed by atoms with van der Waals surface area (Å²) in [6.07, 6.45) is 3.07. The third kappa shape index (κ3) is 2.81. The lowest BCUT2D eigenvalue weighted by molar-refractivity contribution is 0.413. The summed E-state index contributed by atoms with van der Waals surface area (Å²) in [7, 11) is 1.61. The van der Waals surface area contributed by atoms with Crippen molar-refractivity contribution in [2.45, 2.75) is 31.3 Å². The molecule has 0 atom stereocenters. The number of nitrogens with zero attached hydrogens (tertiary/aromatic N) is 4. The van der Waals surface area contributed by atoms with Crippen LogP contribution >= 0.6 is 23.1 Å². The molecule has 0 bridgehead atoms. The monoisotopic (exact) mass is 424 g/mol. The van der Waals surface area contributed by atoms with Crippen LogP contribution < -0.4 is 10.3 Å². The topological polar surface area (TPSA) is 61.4 Å². The van der Waals surface area contributed by atoms with Gasteiger partial charge in [0.1, 0.15) is 10.6 Å². The molecule has 29 heavy (non-hydrogen) atoms. The summed E-state index contributed by atoms with van der Waals surface area (Å²) in [4.78, 5) is 16.0. The van der Waals surface area contributed by atoms with Crippen molar-refractivity contribution in [3.05, 3.63) is 57.2 Å². The minimum atomic E-state index is -0.0553. The van der Waals surface area contributed by atoms with Crippen molar-refractivity contribution in [1.82, 2.24) is 19.2 Å². The fourth-order valence-electron chi connectivity index (χ4n) is 3.87. The molecule has 0 amide bonds. The number of hydrogen-bond donors (Lipinski definition) is 0. The van der Waals surface area contributed by atoms with Crippen LogP contribution in [0.15, 0.2) is 46.4 Å². The number of thiophene rings is 1. The maximum atomic E-state index is 13.7. The van der Waals surface area contributed by atoms with Gasteiger partial charge in [0.15, 0.2) is 5.16 Å². The molecule has 0 fully saturated rings. The van der Waals surface area contributed by atoms with E-state index >= 15 is 0 Å². The van der Waals surface area contributed by atoms with Gasteiger partial charge in [0, 0.05) is 10.6 Å². The summed E-state index contributed by atoms with van der Waals surface area (Å²) in [5, 5.41) is 10.4. The molecule has 1 aliphatic carbocycles. The highest BCUT2D eigenvalue weighted by atomic mass is 32.2. The van der Waals surface area contributed by atoms with E-state index in [0.29, 0.717) is 17.2 Å². The molecule has 8 heteroatoms. The number of para-hydroxylation sites is 2. The number of hydrogen-bond acceptors (Lipinski definition) is 6. The van der Waals surface area contributed by atoms with Gasteiger partial charge in [-0.3, -0.25) is 4.79 Å². The van der Waals surface area contributed by atoms with Gasteiger partial charge in [0.25, 0.3) is 5.56 Å². The van der Waals surface area contributed by atoms with E-state index in [1.54, 1.807) is 34.8 Å². The second kappa shape index (κ2) is 7.03. The number of aromatic nitrogens is 4. The number of thioether (sulfide) groups is 1. The number of fused-ring (bicyclic) bond motifs is 5. The van der Waals surface area contributed by atoms with Crippen LogP contribution in [0.4, 0.5) is 0 Å². The van der Waals surface area contributed by atoms with Gasteiger partial charge in [-0.1, -0.05) is 36.0 Å². The average molecular weight is 425 g/mol. The van der Waals surface area contributed by atoms with Gasteiger partial charge >= 0.3 is 0 Å². The summed E-state index contributed by atoms with van der Waals surface area (Å²) < 4.78 is 9.21. The van der Waals surface area contributed by atoms with Crippen LogP contribution in [-0.4, -0.2) is 32.0 Å². The van der Waals surface area contributed by atoms with Gasteiger partial charge in [0.2, 0.25) is 5.78 Å². The lowest BCUT2D eigenvalue weighted by Crippen LogP contribution is -2.22. The molecule has 1 aliphatic rings. The quantitative estimate of drug-likeness (QED) is 0.354. The third-order valence-corrected chi connectivity index (χ3v) is 7.55.